The topological polar surface area (TPSA) is 111 Å². The van der Waals surface area contributed by atoms with E-state index in [-0.39, 0.29) is 17.1 Å². The summed E-state index contributed by atoms with van der Waals surface area (Å²) in [6.45, 7) is 2.33. The average molecular weight is 458 g/mol. The summed E-state index contributed by atoms with van der Waals surface area (Å²) in [5.41, 5.74) is 1.84. The van der Waals surface area contributed by atoms with E-state index in [0.29, 0.717) is 28.8 Å². The maximum atomic E-state index is 13.4. The van der Waals surface area contributed by atoms with Gasteiger partial charge in [-0.2, -0.15) is 8.42 Å². The highest BCUT2D eigenvalue weighted by Crippen LogP contribution is 2.34. The molecule has 1 aromatic carbocycles. The molecular weight excluding hydrogens is 438 g/mol. The summed E-state index contributed by atoms with van der Waals surface area (Å²) in [5.74, 6) is -0.345. The Balaban J connectivity index is 1.80. The fourth-order valence-corrected chi connectivity index (χ4v) is 6.04. The quantitative estimate of drug-likeness (QED) is 0.428. The van der Waals surface area contributed by atoms with Crippen LogP contribution in [0, 0.1) is 0 Å². The second-order valence-electron chi connectivity index (χ2n) is 6.71. The molecule has 0 saturated carbocycles. The van der Waals surface area contributed by atoms with Gasteiger partial charge in [0.15, 0.2) is 0 Å². The third-order valence-corrected chi connectivity index (χ3v) is 7.96. The van der Waals surface area contributed by atoms with Crippen LogP contribution in [0.1, 0.15) is 18.9 Å². The maximum absolute atomic E-state index is 13.4. The van der Waals surface area contributed by atoms with Crippen LogP contribution < -0.4 is 4.74 Å². The Morgan fingerprint density at radius 3 is 2.68 bits per heavy atom. The largest absolute Gasteiger partial charge is 0.494 e. The van der Waals surface area contributed by atoms with Crippen molar-refractivity contribution in [1.29, 1.82) is 0 Å². The van der Waals surface area contributed by atoms with Crippen LogP contribution in [0.3, 0.4) is 0 Å². The molecule has 3 aromatic heterocycles. The number of carboxylic acids is 1. The lowest BCUT2D eigenvalue weighted by Crippen LogP contribution is -2.10. The van der Waals surface area contributed by atoms with Crippen molar-refractivity contribution in [3.8, 4) is 16.2 Å². The molecule has 0 unspecified atom stereocenters. The Hall–Kier alpha value is -3.24. The van der Waals surface area contributed by atoms with Crippen molar-refractivity contribution in [3.05, 3.63) is 60.8 Å². The van der Waals surface area contributed by atoms with Gasteiger partial charge in [-0.3, -0.25) is 4.79 Å². The standard InChI is InChI=1S/C21H19N3O5S2/c1-2-29-16-4-5-18-17(9-16)14(3-7-20(25)26)12-24(18)31(27,28)21-8-6-19(30-21)15-10-22-13-23-11-15/h4-6,8-13H,2-3,7H2,1H3,(H,25,26). The molecule has 31 heavy (non-hydrogen) atoms. The van der Waals surface area contributed by atoms with E-state index in [1.54, 1.807) is 42.7 Å². The molecule has 3 heterocycles. The number of thiophene rings is 1. The predicted octanol–water partition coefficient (Wildman–Crippen LogP) is 3.81. The number of ether oxygens (including phenoxy) is 1. The molecule has 0 saturated heterocycles. The molecule has 0 aliphatic heterocycles. The van der Waals surface area contributed by atoms with E-state index >= 15 is 0 Å². The summed E-state index contributed by atoms with van der Waals surface area (Å²) in [4.78, 5) is 19.8. The van der Waals surface area contributed by atoms with Crippen molar-refractivity contribution in [2.75, 3.05) is 6.61 Å². The Labute approximate surface area is 182 Å². The summed E-state index contributed by atoms with van der Waals surface area (Å²) in [5, 5.41) is 9.74. The van der Waals surface area contributed by atoms with Crippen molar-refractivity contribution in [1.82, 2.24) is 13.9 Å². The third kappa shape index (κ3) is 4.17. The van der Waals surface area contributed by atoms with Crippen LogP contribution in [-0.2, 0) is 21.2 Å². The summed E-state index contributed by atoms with van der Waals surface area (Å²) >= 11 is 1.13. The molecule has 0 radical (unpaired) electrons. The smallest absolute Gasteiger partial charge is 0.303 e. The zero-order valence-corrected chi connectivity index (χ0v) is 18.2. The van der Waals surface area contributed by atoms with Gasteiger partial charge in [0.25, 0.3) is 10.0 Å². The number of hydrogen-bond donors (Lipinski definition) is 1. The molecule has 0 fully saturated rings. The van der Waals surface area contributed by atoms with Crippen LogP contribution >= 0.6 is 11.3 Å². The predicted molar refractivity (Wildman–Crippen MR) is 117 cm³/mol. The first-order valence-electron chi connectivity index (χ1n) is 9.49. The molecule has 0 aliphatic rings. The van der Waals surface area contributed by atoms with Gasteiger partial charge in [0.05, 0.1) is 12.1 Å². The first-order valence-corrected chi connectivity index (χ1v) is 11.7. The van der Waals surface area contributed by atoms with Gasteiger partial charge in [-0.05, 0) is 49.2 Å². The van der Waals surface area contributed by atoms with Gasteiger partial charge >= 0.3 is 5.97 Å². The number of aromatic nitrogens is 3. The molecule has 0 spiro atoms. The van der Waals surface area contributed by atoms with Crippen LogP contribution in [0.15, 0.2) is 59.5 Å². The minimum Gasteiger partial charge on any atom is -0.494 e. The number of rotatable bonds is 8. The zero-order chi connectivity index (χ0) is 22.0. The van der Waals surface area contributed by atoms with E-state index in [4.69, 9.17) is 9.84 Å². The van der Waals surface area contributed by atoms with Crippen LogP contribution in [0.25, 0.3) is 21.3 Å². The highest BCUT2D eigenvalue weighted by molar-refractivity contribution is 7.92. The highest BCUT2D eigenvalue weighted by Gasteiger charge is 2.24. The third-order valence-electron chi connectivity index (χ3n) is 4.68. The van der Waals surface area contributed by atoms with E-state index in [1.165, 1.54) is 16.5 Å². The molecule has 0 amide bonds. The number of aliphatic carboxylic acids is 1. The number of aryl methyl sites for hydroxylation is 1. The number of hydrogen-bond acceptors (Lipinski definition) is 7. The van der Waals surface area contributed by atoms with Gasteiger partial charge in [0, 0.05) is 40.8 Å². The second-order valence-corrected chi connectivity index (χ2v) is 9.83. The van der Waals surface area contributed by atoms with E-state index < -0.39 is 16.0 Å². The highest BCUT2D eigenvalue weighted by atomic mass is 32.2. The normalized spacial score (nSPS) is 11.6. The second kappa shape index (κ2) is 8.48. The molecular formula is C21H19N3O5S2. The van der Waals surface area contributed by atoms with Crippen LogP contribution in [0.4, 0.5) is 0 Å². The maximum Gasteiger partial charge on any atom is 0.303 e. The minimum atomic E-state index is -3.89. The molecule has 10 heteroatoms. The van der Waals surface area contributed by atoms with Crippen molar-refractivity contribution >= 4 is 38.2 Å². The summed E-state index contributed by atoms with van der Waals surface area (Å²) in [6.07, 6.45) is 6.27. The molecule has 0 aliphatic carbocycles. The van der Waals surface area contributed by atoms with Gasteiger partial charge in [-0.1, -0.05) is 0 Å². The Morgan fingerprint density at radius 2 is 1.97 bits per heavy atom. The number of carboxylic acid groups (broad SMARTS) is 1. The monoisotopic (exact) mass is 457 g/mol. The molecule has 4 rings (SSSR count). The van der Waals surface area contributed by atoms with E-state index in [2.05, 4.69) is 9.97 Å². The van der Waals surface area contributed by atoms with Crippen LogP contribution in [0.5, 0.6) is 5.75 Å². The zero-order valence-electron chi connectivity index (χ0n) is 16.6. The van der Waals surface area contributed by atoms with Crippen molar-refractivity contribution < 1.29 is 23.1 Å². The summed E-state index contributed by atoms with van der Waals surface area (Å²) < 4.78 is 33.8. The van der Waals surface area contributed by atoms with Crippen LogP contribution in [-0.4, -0.2) is 40.0 Å². The number of fused-ring (bicyclic) bond motifs is 1. The Bertz CT molecular complexity index is 1340. The van der Waals surface area contributed by atoms with E-state index in [0.717, 1.165) is 21.8 Å². The SMILES string of the molecule is CCOc1ccc2c(c1)c(CCC(=O)O)cn2S(=O)(=O)c1ccc(-c2cncnc2)s1. The van der Waals surface area contributed by atoms with E-state index in [1.807, 2.05) is 6.92 Å². The van der Waals surface area contributed by atoms with Gasteiger partial charge in [-0.15, -0.1) is 11.3 Å². The number of benzene rings is 1. The van der Waals surface area contributed by atoms with E-state index in [9.17, 15) is 13.2 Å². The molecule has 0 atom stereocenters. The van der Waals surface area contributed by atoms with Crippen molar-refractivity contribution in [3.63, 3.8) is 0 Å². The minimum absolute atomic E-state index is 0.102. The number of carbonyl (C=O) groups is 1. The average Bonchev–Trinajstić information content (AvgIpc) is 3.39. The molecule has 0 bridgehead atoms. The van der Waals surface area contributed by atoms with Crippen LogP contribution in [0.2, 0.25) is 0 Å². The van der Waals surface area contributed by atoms with Gasteiger partial charge in [0.1, 0.15) is 16.3 Å². The van der Waals surface area contributed by atoms with Crippen molar-refractivity contribution in [2.45, 2.75) is 24.0 Å². The molecule has 160 valence electrons. The summed E-state index contributed by atoms with van der Waals surface area (Å²) in [7, 11) is -3.89. The fourth-order valence-electron chi connectivity index (χ4n) is 3.28. The lowest BCUT2D eigenvalue weighted by molar-refractivity contribution is -0.136. The molecule has 8 nitrogen and oxygen atoms in total. The lowest BCUT2D eigenvalue weighted by atomic mass is 10.1. The molecule has 1 N–H and O–H groups in total. The first-order chi connectivity index (χ1) is 14.9. The van der Waals surface area contributed by atoms with Gasteiger partial charge in [-0.25, -0.2) is 13.9 Å². The Morgan fingerprint density at radius 1 is 1.19 bits per heavy atom. The van der Waals surface area contributed by atoms with Gasteiger partial charge in [0.2, 0.25) is 0 Å². The molecule has 4 aromatic rings. The van der Waals surface area contributed by atoms with Crippen molar-refractivity contribution in [2.24, 2.45) is 0 Å². The lowest BCUT2D eigenvalue weighted by Gasteiger charge is -2.07. The summed E-state index contributed by atoms with van der Waals surface area (Å²) in [6, 6.07) is 8.42. The Kier molecular flexibility index (Phi) is 5.75. The fraction of sp³-hybridized carbons (Fsp3) is 0.190. The van der Waals surface area contributed by atoms with Gasteiger partial charge < -0.3 is 9.84 Å². The number of nitrogens with zero attached hydrogens (tertiary/aromatic N) is 3. The first kappa shape index (κ1) is 21.0.